The maximum absolute atomic E-state index is 13.1. The van der Waals surface area contributed by atoms with Gasteiger partial charge in [-0.15, -0.1) is 0 Å². The van der Waals surface area contributed by atoms with Crippen molar-refractivity contribution in [1.82, 2.24) is 15.6 Å². The van der Waals surface area contributed by atoms with Crippen LogP contribution in [0.1, 0.15) is 49.8 Å². The number of aromatic nitrogens is 1. The van der Waals surface area contributed by atoms with Gasteiger partial charge in [0, 0.05) is 23.7 Å². The summed E-state index contributed by atoms with van der Waals surface area (Å²) in [6, 6.07) is 31.7. The van der Waals surface area contributed by atoms with Gasteiger partial charge in [0.25, 0.3) is 0 Å². The van der Waals surface area contributed by atoms with Gasteiger partial charge in [0.15, 0.2) is 0 Å². The second-order valence-electron chi connectivity index (χ2n) is 11.9. The summed E-state index contributed by atoms with van der Waals surface area (Å²) < 4.78 is 5.61. The average Bonchev–Trinajstić information content (AvgIpc) is 3.00. The molecule has 0 saturated heterocycles. The zero-order valence-corrected chi connectivity index (χ0v) is 25.4. The number of carbonyl (C=O) groups excluding carboxylic acids is 1. The van der Waals surface area contributed by atoms with Crippen molar-refractivity contribution >= 4 is 12.2 Å². The number of pyridine rings is 1. The third kappa shape index (κ3) is 9.95. The third-order valence-electron chi connectivity index (χ3n) is 7.35. The van der Waals surface area contributed by atoms with Gasteiger partial charge in [-0.25, -0.2) is 9.59 Å². The van der Waals surface area contributed by atoms with E-state index >= 15 is 0 Å². The molecule has 0 bridgehead atoms. The Labute approximate surface area is 259 Å². The van der Waals surface area contributed by atoms with Crippen LogP contribution < -0.4 is 10.6 Å². The maximum atomic E-state index is 13.1. The molecule has 4 atom stereocenters. The van der Waals surface area contributed by atoms with Crippen LogP contribution in [0.25, 0.3) is 11.3 Å². The minimum atomic E-state index is -1.24. The predicted octanol–water partition coefficient (Wildman–Crippen LogP) is 6.60. The van der Waals surface area contributed by atoms with Crippen LogP contribution in [0.4, 0.5) is 9.59 Å². The van der Waals surface area contributed by atoms with Crippen molar-refractivity contribution in [1.29, 1.82) is 0 Å². The van der Waals surface area contributed by atoms with Crippen LogP contribution in [0.5, 0.6) is 0 Å². The van der Waals surface area contributed by atoms with E-state index in [1.54, 1.807) is 27.0 Å². The summed E-state index contributed by atoms with van der Waals surface area (Å²) in [5.41, 5.74) is 3.95. The zero-order chi connectivity index (χ0) is 31.5. The zero-order valence-electron chi connectivity index (χ0n) is 25.4. The van der Waals surface area contributed by atoms with Gasteiger partial charge in [-0.05, 0) is 68.9 Å². The molecule has 0 spiro atoms. The van der Waals surface area contributed by atoms with Gasteiger partial charge < -0.3 is 25.6 Å². The number of benzene rings is 3. The number of alkyl carbamates (subject to hydrolysis) is 1. The molecular formula is C36H41N3O5. The van der Waals surface area contributed by atoms with Gasteiger partial charge in [0.05, 0.1) is 17.8 Å². The molecule has 2 amide bonds. The summed E-state index contributed by atoms with van der Waals surface area (Å²) in [5.74, 6) is -0.232. The summed E-state index contributed by atoms with van der Waals surface area (Å²) >= 11 is 0. The Hall–Kier alpha value is -4.69. The topological polar surface area (TPSA) is 121 Å². The number of aliphatic hydroxyl groups is 1. The standard InChI is InChI=1S/C36H41N3O5/c1-36(2,3)44-35(43)39-31(29(27-14-8-5-9-15-27)22-25-12-6-4-7-13-25)24-33(40)32(38-34(41)42)23-26-17-19-28(20-18-26)30-16-10-11-21-37-30/h4-21,29,31-33,38,40H,22-24H2,1-3H3,(H,39,43)(H,41,42)/t29?,31-,32-,33+/m0/s1. The summed E-state index contributed by atoms with van der Waals surface area (Å²) in [6.45, 7) is 5.38. The molecule has 4 aromatic rings. The molecule has 230 valence electrons. The molecule has 0 radical (unpaired) electrons. The van der Waals surface area contributed by atoms with Crippen molar-refractivity contribution in [2.45, 2.75) is 69.7 Å². The number of ether oxygens (including phenoxy) is 1. The van der Waals surface area contributed by atoms with E-state index in [-0.39, 0.29) is 18.8 Å². The normalized spacial score (nSPS) is 14.1. The second-order valence-corrected chi connectivity index (χ2v) is 11.9. The van der Waals surface area contributed by atoms with Crippen molar-refractivity contribution in [3.63, 3.8) is 0 Å². The van der Waals surface area contributed by atoms with Crippen LogP contribution in [0.15, 0.2) is 109 Å². The number of nitrogens with zero attached hydrogens (tertiary/aromatic N) is 1. The van der Waals surface area contributed by atoms with Crippen molar-refractivity contribution in [3.05, 3.63) is 126 Å². The number of amides is 2. The van der Waals surface area contributed by atoms with Crippen molar-refractivity contribution < 1.29 is 24.5 Å². The van der Waals surface area contributed by atoms with Gasteiger partial charge in [0.1, 0.15) is 5.60 Å². The molecule has 4 rings (SSSR count). The Kier molecular flexibility index (Phi) is 11.1. The highest BCUT2D eigenvalue weighted by Crippen LogP contribution is 2.29. The smallest absolute Gasteiger partial charge is 0.407 e. The average molecular weight is 596 g/mol. The first-order valence-electron chi connectivity index (χ1n) is 14.8. The van der Waals surface area contributed by atoms with Crippen molar-refractivity contribution in [2.75, 3.05) is 0 Å². The molecule has 4 N–H and O–H groups in total. The Balaban J connectivity index is 1.61. The van der Waals surface area contributed by atoms with Crippen molar-refractivity contribution in [2.24, 2.45) is 0 Å². The highest BCUT2D eigenvalue weighted by Gasteiger charge is 2.32. The maximum Gasteiger partial charge on any atom is 0.407 e. The van der Waals surface area contributed by atoms with E-state index in [1.807, 2.05) is 103 Å². The SMILES string of the molecule is CC(C)(C)OC(=O)N[C@@H](C[C@@H](O)[C@H](Cc1ccc(-c2ccccn2)cc1)NC(=O)O)C(Cc1ccccc1)c1ccccc1. The summed E-state index contributed by atoms with van der Waals surface area (Å²) in [7, 11) is 0. The molecular weight excluding hydrogens is 554 g/mol. The first-order chi connectivity index (χ1) is 21.1. The quantitative estimate of drug-likeness (QED) is 0.147. The molecule has 8 heteroatoms. The number of nitrogens with one attached hydrogen (secondary N) is 2. The van der Waals surface area contributed by atoms with Crippen LogP contribution in [0, 0.1) is 0 Å². The number of carbonyl (C=O) groups is 2. The molecule has 1 heterocycles. The molecule has 1 unspecified atom stereocenters. The fraction of sp³-hybridized carbons (Fsp3) is 0.306. The Morgan fingerprint density at radius 2 is 1.39 bits per heavy atom. The van der Waals surface area contributed by atoms with Crippen LogP contribution in [-0.2, 0) is 17.6 Å². The monoisotopic (exact) mass is 595 g/mol. The molecule has 0 saturated carbocycles. The number of aliphatic hydroxyl groups excluding tert-OH is 1. The van der Waals surface area contributed by atoms with E-state index in [2.05, 4.69) is 15.6 Å². The number of hydrogen-bond donors (Lipinski definition) is 4. The van der Waals surface area contributed by atoms with E-state index in [0.717, 1.165) is 27.9 Å². The highest BCUT2D eigenvalue weighted by atomic mass is 16.6. The lowest BCUT2D eigenvalue weighted by molar-refractivity contribution is 0.0451. The van der Waals surface area contributed by atoms with Crippen molar-refractivity contribution in [3.8, 4) is 11.3 Å². The fourth-order valence-corrected chi connectivity index (χ4v) is 5.31. The Morgan fingerprint density at radius 3 is 1.98 bits per heavy atom. The van der Waals surface area contributed by atoms with E-state index in [1.165, 1.54) is 0 Å². The number of carboxylic acid groups (broad SMARTS) is 1. The van der Waals surface area contributed by atoms with Gasteiger partial charge in [-0.1, -0.05) is 91.0 Å². The van der Waals surface area contributed by atoms with E-state index in [9.17, 15) is 19.8 Å². The first-order valence-corrected chi connectivity index (χ1v) is 14.8. The van der Waals surface area contributed by atoms with Gasteiger partial charge >= 0.3 is 12.2 Å². The Morgan fingerprint density at radius 1 is 0.773 bits per heavy atom. The molecule has 0 aliphatic carbocycles. The largest absolute Gasteiger partial charge is 0.465 e. The van der Waals surface area contributed by atoms with E-state index in [4.69, 9.17) is 4.74 Å². The van der Waals surface area contributed by atoms with E-state index < -0.39 is 36.0 Å². The molecule has 0 aliphatic rings. The second kappa shape index (κ2) is 15.2. The molecule has 0 aliphatic heterocycles. The molecule has 8 nitrogen and oxygen atoms in total. The molecule has 0 fully saturated rings. The summed E-state index contributed by atoms with van der Waals surface area (Å²) in [5, 5.41) is 26.8. The lowest BCUT2D eigenvalue weighted by Gasteiger charge is -2.33. The Bertz CT molecular complexity index is 1460. The molecule has 3 aromatic carbocycles. The minimum Gasteiger partial charge on any atom is -0.465 e. The molecule has 44 heavy (non-hydrogen) atoms. The van der Waals surface area contributed by atoms with Crippen LogP contribution in [0.3, 0.4) is 0 Å². The van der Waals surface area contributed by atoms with Gasteiger partial charge in [-0.3, -0.25) is 4.98 Å². The third-order valence-corrected chi connectivity index (χ3v) is 7.35. The number of hydrogen-bond acceptors (Lipinski definition) is 5. The van der Waals surface area contributed by atoms with Gasteiger partial charge in [0.2, 0.25) is 0 Å². The fourth-order valence-electron chi connectivity index (χ4n) is 5.31. The number of rotatable bonds is 12. The predicted molar refractivity (Wildman–Crippen MR) is 171 cm³/mol. The minimum absolute atomic E-state index is 0.0859. The van der Waals surface area contributed by atoms with Crippen LogP contribution in [-0.4, -0.2) is 51.2 Å². The van der Waals surface area contributed by atoms with Crippen LogP contribution >= 0.6 is 0 Å². The summed E-state index contributed by atoms with van der Waals surface area (Å²) in [6.07, 6.45) is -0.301. The van der Waals surface area contributed by atoms with E-state index in [0.29, 0.717) is 6.42 Å². The highest BCUT2D eigenvalue weighted by molar-refractivity contribution is 5.68. The summed E-state index contributed by atoms with van der Waals surface area (Å²) in [4.78, 5) is 29.3. The molecule has 1 aromatic heterocycles. The van der Waals surface area contributed by atoms with Crippen LogP contribution in [0.2, 0.25) is 0 Å². The first kappa shape index (κ1) is 32.2. The van der Waals surface area contributed by atoms with Gasteiger partial charge in [-0.2, -0.15) is 0 Å². The lowest BCUT2D eigenvalue weighted by atomic mass is 9.82. The lowest BCUT2D eigenvalue weighted by Crippen LogP contribution is -2.50.